The molecule has 2 saturated carbocycles. The third-order valence-corrected chi connectivity index (χ3v) is 4.57. The van der Waals surface area contributed by atoms with Gasteiger partial charge in [0.25, 0.3) is 0 Å². The van der Waals surface area contributed by atoms with Crippen LogP contribution in [-0.4, -0.2) is 18.2 Å². The fourth-order valence-electron chi connectivity index (χ4n) is 2.75. The normalized spacial score (nSPS) is 44.8. The van der Waals surface area contributed by atoms with Gasteiger partial charge in [-0.3, -0.25) is 0 Å². The molecular formula is C13H25NO. The molecule has 2 fully saturated rings. The molecule has 2 aliphatic rings. The van der Waals surface area contributed by atoms with E-state index >= 15 is 0 Å². The van der Waals surface area contributed by atoms with E-state index in [1.54, 1.807) is 0 Å². The van der Waals surface area contributed by atoms with Gasteiger partial charge in [-0.1, -0.05) is 20.8 Å². The molecule has 0 spiro atoms. The molecule has 2 unspecified atom stereocenters. The molecule has 0 aromatic carbocycles. The van der Waals surface area contributed by atoms with Gasteiger partial charge in [0.05, 0.1) is 12.2 Å². The van der Waals surface area contributed by atoms with E-state index in [1.165, 1.54) is 25.7 Å². The highest BCUT2D eigenvalue weighted by Gasteiger charge is 2.47. The molecule has 0 saturated heterocycles. The summed E-state index contributed by atoms with van der Waals surface area (Å²) in [6.45, 7) is 6.81. The Morgan fingerprint density at radius 3 is 2.20 bits per heavy atom. The molecule has 0 amide bonds. The van der Waals surface area contributed by atoms with Crippen molar-refractivity contribution in [2.24, 2.45) is 17.1 Å². The number of hydrogen-bond acceptors (Lipinski definition) is 2. The van der Waals surface area contributed by atoms with Crippen LogP contribution in [0.4, 0.5) is 0 Å². The third-order valence-electron chi connectivity index (χ3n) is 4.57. The zero-order chi connectivity index (χ0) is 11.1. The standard InChI is InChI=1S/C13H25NO/c1-9-4-6-10(7-5-9)15-12-8-11(14)13(12,2)3/h9-12H,4-8,14H2,1-3H3. The molecule has 88 valence electrons. The molecule has 0 aliphatic heterocycles. The minimum atomic E-state index is 0.197. The van der Waals surface area contributed by atoms with Crippen LogP contribution < -0.4 is 5.73 Å². The first-order chi connectivity index (χ1) is 7.00. The van der Waals surface area contributed by atoms with Gasteiger partial charge < -0.3 is 10.5 Å². The number of hydrogen-bond donors (Lipinski definition) is 1. The molecule has 0 aromatic heterocycles. The maximum Gasteiger partial charge on any atom is 0.0659 e. The van der Waals surface area contributed by atoms with Crippen LogP contribution in [0.3, 0.4) is 0 Å². The fraction of sp³-hybridized carbons (Fsp3) is 1.00. The van der Waals surface area contributed by atoms with Crippen molar-refractivity contribution in [3.05, 3.63) is 0 Å². The van der Waals surface area contributed by atoms with E-state index in [2.05, 4.69) is 20.8 Å². The average molecular weight is 211 g/mol. The van der Waals surface area contributed by atoms with Crippen LogP contribution in [-0.2, 0) is 4.74 Å². The van der Waals surface area contributed by atoms with Crippen LogP contribution in [0.1, 0.15) is 52.9 Å². The summed E-state index contributed by atoms with van der Waals surface area (Å²) in [6, 6.07) is 0.338. The second-order valence-electron chi connectivity index (χ2n) is 6.17. The maximum atomic E-state index is 6.18. The lowest BCUT2D eigenvalue weighted by Gasteiger charge is -2.51. The summed E-state index contributed by atoms with van der Waals surface area (Å²) < 4.78 is 6.18. The molecule has 0 aromatic rings. The summed E-state index contributed by atoms with van der Waals surface area (Å²) in [6.07, 6.45) is 7.16. The average Bonchev–Trinajstić information content (AvgIpc) is 2.21. The summed E-state index contributed by atoms with van der Waals surface area (Å²) in [5.74, 6) is 0.904. The van der Waals surface area contributed by atoms with E-state index in [4.69, 9.17) is 10.5 Å². The van der Waals surface area contributed by atoms with Crippen LogP contribution in [0.15, 0.2) is 0 Å². The van der Waals surface area contributed by atoms with Crippen LogP contribution in [0.25, 0.3) is 0 Å². The Bertz CT molecular complexity index is 219. The van der Waals surface area contributed by atoms with Gasteiger partial charge in [-0.2, -0.15) is 0 Å². The van der Waals surface area contributed by atoms with E-state index in [-0.39, 0.29) is 5.41 Å². The summed E-state index contributed by atoms with van der Waals surface area (Å²) in [7, 11) is 0. The molecule has 2 aliphatic carbocycles. The Morgan fingerprint density at radius 1 is 1.13 bits per heavy atom. The topological polar surface area (TPSA) is 35.2 Å². The second-order valence-corrected chi connectivity index (χ2v) is 6.17. The van der Waals surface area contributed by atoms with Crippen molar-refractivity contribution < 1.29 is 4.74 Å². The van der Waals surface area contributed by atoms with E-state index in [0.717, 1.165) is 12.3 Å². The first kappa shape index (κ1) is 11.4. The Balaban J connectivity index is 1.79. The van der Waals surface area contributed by atoms with Gasteiger partial charge in [-0.15, -0.1) is 0 Å². The van der Waals surface area contributed by atoms with Gasteiger partial charge in [0, 0.05) is 11.5 Å². The molecule has 2 heteroatoms. The first-order valence-corrected chi connectivity index (χ1v) is 6.41. The lowest BCUT2D eigenvalue weighted by atomic mass is 9.65. The maximum absolute atomic E-state index is 6.18. The van der Waals surface area contributed by atoms with Crippen molar-refractivity contribution in [2.75, 3.05) is 0 Å². The Labute approximate surface area is 93.6 Å². The number of nitrogens with two attached hydrogens (primary N) is 1. The highest BCUT2D eigenvalue weighted by atomic mass is 16.5. The highest BCUT2D eigenvalue weighted by molar-refractivity contribution is 5.01. The van der Waals surface area contributed by atoms with Gasteiger partial charge in [0.1, 0.15) is 0 Å². The molecule has 2 rings (SSSR count). The van der Waals surface area contributed by atoms with Crippen LogP contribution in [0, 0.1) is 11.3 Å². The van der Waals surface area contributed by atoms with Crippen molar-refractivity contribution in [1.82, 2.24) is 0 Å². The Hall–Kier alpha value is -0.0800. The van der Waals surface area contributed by atoms with Gasteiger partial charge >= 0.3 is 0 Å². The predicted molar refractivity (Wildman–Crippen MR) is 62.7 cm³/mol. The van der Waals surface area contributed by atoms with Crippen molar-refractivity contribution in [3.8, 4) is 0 Å². The molecule has 0 heterocycles. The Morgan fingerprint density at radius 2 is 1.73 bits per heavy atom. The predicted octanol–water partition coefficient (Wildman–Crippen LogP) is 2.71. The van der Waals surface area contributed by atoms with E-state index < -0.39 is 0 Å². The van der Waals surface area contributed by atoms with Crippen LogP contribution >= 0.6 is 0 Å². The van der Waals surface area contributed by atoms with Crippen molar-refractivity contribution >= 4 is 0 Å². The number of rotatable bonds is 2. The smallest absolute Gasteiger partial charge is 0.0659 e. The molecule has 2 atom stereocenters. The van der Waals surface area contributed by atoms with Gasteiger partial charge in [-0.25, -0.2) is 0 Å². The third kappa shape index (κ3) is 2.21. The SMILES string of the molecule is CC1CCC(OC2CC(N)C2(C)C)CC1. The minimum Gasteiger partial charge on any atom is -0.374 e. The van der Waals surface area contributed by atoms with Crippen LogP contribution in [0.2, 0.25) is 0 Å². The van der Waals surface area contributed by atoms with Gasteiger partial charge in [0.2, 0.25) is 0 Å². The minimum absolute atomic E-state index is 0.197. The van der Waals surface area contributed by atoms with Crippen LogP contribution in [0.5, 0.6) is 0 Å². The molecular weight excluding hydrogens is 186 g/mol. The molecule has 0 radical (unpaired) electrons. The van der Waals surface area contributed by atoms with Crippen molar-refractivity contribution in [3.63, 3.8) is 0 Å². The van der Waals surface area contributed by atoms with Gasteiger partial charge in [0.15, 0.2) is 0 Å². The Kier molecular flexibility index (Phi) is 3.09. The molecule has 0 bridgehead atoms. The lowest BCUT2D eigenvalue weighted by molar-refractivity contribution is -0.148. The second kappa shape index (κ2) is 4.06. The van der Waals surface area contributed by atoms with E-state index in [1.807, 2.05) is 0 Å². The molecule has 15 heavy (non-hydrogen) atoms. The largest absolute Gasteiger partial charge is 0.374 e. The molecule has 2 nitrogen and oxygen atoms in total. The molecule has 2 N–H and O–H groups in total. The summed E-state index contributed by atoms with van der Waals surface area (Å²) >= 11 is 0. The summed E-state index contributed by atoms with van der Waals surface area (Å²) in [5, 5.41) is 0. The quantitative estimate of drug-likeness (QED) is 0.762. The van der Waals surface area contributed by atoms with Gasteiger partial charge in [-0.05, 0) is 38.0 Å². The fourth-order valence-corrected chi connectivity index (χ4v) is 2.75. The van der Waals surface area contributed by atoms with Crippen molar-refractivity contribution in [1.29, 1.82) is 0 Å². The zero-order valence-corrected chi connectivity index (χ0v) is 10.3. The first-order valence-electron chi connectivity index (χ1n) is 6.41. The number of ether oxygens (including phenoxy) is 1. The highest BCUT2D eigenvalue weighted by Crippen LogP contribution is 2.43. The van der Waals surface area contributed by atoms with Crippen molar-refractivity contribution in [2.45, 2.75) is 71.1 Å². The summed E-state index contributed by atoms with van der Waals surface area (Å²) in [4.78, 5) is 0. The summed E-state index contributed by atoms with van der Waals surface area (Å²) in [5.41, 5.74) is 6.19. The lowest BCUT2D eigenvalue weighted by Crippen LogP contribution is -2.59. The monoisotopic (exact) mass is 211 g/mol. The van der Waals surface area contributed by atoms with E-state index in [0.29, 0.717) is 18.2 Å². The zero-order valence-electron chi connectivity index (χ0n) is 10.3. The van der Waals surface area contributed by atoms with E-state index in [9.17, 15) is 0 Å².